The van der Waals surface area contributed by atoms with Crippen LogP contribution in [-0.4, -0.2) is 25.8 Å². The normalized spacial score (nSPS) is 12.5. The van der Waals surface area contributed by atoms with Crippen LogP contribution in [0.3, 0.4) is 0 Å². The molecule has 8 nitrogen and oxygen atoms in total. The van der Waals surface area contributed by atoms with Gasteiger partial charge in [0.05, 0.1) is 49.6 Å². The lowest BCUT2D eigenvalue weighted by Crippen LogP contribution is -2.32. The van der Waals surface area contributed by atoms with Gasteiger partial charge in [0.25, 0.3) is 5.91 Å². The molecule has 3 aromatic heterocycles. The summed E-state index contributed by atoms with van der Waals surface area (Å²) >= 11 is 0. The highest BCUT2D eigenvalue weighted by molar-refractivity contribution is 5.98. The number of aromatic amines is 1. The Balaban J connectivity index is 1.55. The first-order chi connectivity index (χ1) is 16.9. The molecule has 35 heavy (non-hydrogen) atoms. The molecule has 0 saturated carbocycles. The minimum absolute atomic E-state index is 0.0142. The number of nitrogens with two attached hydrogens (primary N) is 1. The number of amides is 1. The highest BCUT2D eigenvalue weighted by Crippen LogP contribution is 2.31. The summed E-state index contributed by atoms with van der Waals surface area (Å²) in [6.07, 6.45) is 1.16. The van der Waals surface area contributed by atoms with E-state index in [0.29, 0.717) is 30.1 Å². The van der Waals surface area contributed by atoms with Gasteiger partial charge in [-0.3, -0.25) is 9.78 Å². The summed E-state index contributed by atoms with van der Waals surface area (Å²) in [6, 6.07) is 5.82. The summed E-state index contributed by atoms with van der Waals surface area (Å²) in [6.45, 7) is 6.69. The molecule has 0 radical (unpaired) electrons. The molecule has 0 atom stereocenters. The van der Waals surface area contributed by atoms with Crippen LogP contribution in [0.4, 0.5) is 24.7 Å². The molecule has 4 heterocycles. The molecule has 0 spiro atoms. The minimum atomic E-state index is -0.847. The summed E-state index contributed by atoms with van der Waals surface area (Å²) in [7, 11) is 0. The second-order valence-corrected chi connectivity index (χ2v) is 7.99. The molecular formula is C24H17F3N6O2. The summed E-state index contributed by atoms with van der Waals surface area (Å²) in [4.78, 5) is 29.0. The van der Waals surface area contributed by atoms with E-state index < -0.39 is 36.4 Å². The lowest BCUT2D eigenvalue weighted by Gasteiger charge is -2.23. The van der Waals surface area contributed by atoms with Gasteiger partial charge in [0, 0.05) is 22.9 Å². The van der Waals surface area contributed by atoms with Crippen LogP contribution in [0.1, 0.15) is 32.9 Å². The maximum atomic E-state index is 14.6. The second-order valence-electron chi connectivity index (χ2n) is 7.99. The maximum absolute atomic E-state index is 14.6. The number of hydrogen-bond donors (Lipinski definition) is 2. The Bertz CT molecular complexity index is 1510. The van der Waals surface area contributed by atoms with Crippen molar-refractivity contribution in [2.24, 2.45) is 0 Å². The van der Waals surface area contributed by atoms with Crippen molar-refractivity contribution in [1.29, 1.82) is 0 Å². The van der Waals surface area contributed by atoms with E-state index in [4.69, 9.17) is 17.0 Å². The summed E-state index contributed by atoms with van der Waals surface area (Å²) in [5.41, 5.74) is 8.06. The van der Waals surface area contributed by atoms with Crippen molar-refractivity contribution in [2.45, 2.75) is 26.3 Å². The second kappa shape index (κ2) is 8.73. The number of nitrogens with one attached hydrogen (secondary N) is 1. The van der Waals surface area contributed by atoms with Crippen LogP contribution in [-0.2, 0) is 31.0 Å². The van der Waals surface area contributed by atoms with E-state index in [0.717, 1.165) is 40.4 Å². The first-order valence-electron chi connectivity index (χ1n) is 10.5. The monoisotopic (exact) mass is 478 g/mol. The van der Waals surface area contributed by atoms with Gasteiger partial charge in [-0.05, 0) is 24.3 Å². The third-order valence-electron chi connectivity index (χ3n) is 5.81. The maximum Gasteiger partial charge on any atom is 0.271 e. The summed E-state index contributed by atoms with van der Waals surface area (Å²) < 4.78 is 48.9. The number of aromatic nitrogens is 3. The lowest BCUT2D eigenvalue weighted by atomic mass is 10.1. The molecular weight excluding hydrogens is 461 g/mol. The van der Waals surface area contributed by atoms with Crippen molar-refractivity contribution in [3.8, 4) is 0 Å². The molecule has 3 N–H and O–H groups in total. The predicted octanol–water partition coefficient (Wildman–Crippen LogP) is 4.38. The molecule has 1 aliphatic heterocycles. The van der Waals surface area contributed by atoms with Crippen molar-refractivity contribution in [3.05, 3.63) is 93.5 Å². The van der Waals surface area contributed by atoms with E-state index in [9.17, 15) is 18.0 Å². The number of carbonyl (C=O) groups excluding carboxylic acids is 1. The number of H-pyrrole nitrogens is 1. The average Bonchev–Trinajstić information content (AvgIpc) is 3.49. The smallest absolute Gasteiger partial charge is 0.271 e. The number of nitrogens with zero attached hydrogens (tertiary/aromatic N) is 4. The topological polar surface area (TPSA) is 101 Å². The number of ether oxygens (including phenoxy) is 1. The Labute approximate surface area is 197 Å². The average molecular weight is 478 g/mol. The molecule has 11 heteroatoms. The highest BCUT2D eigenvalue weighted by Gasteiger charge is 2.26. The molecule has 0 saturated heterocycles. The van der Waals surface area contributed by atoms with Gasteiger partial charge in [0.15, 0.2) is 0 Å². The van der Waals surface area contributed by atoms with Crippen molar-refractivity contribution in [1.82, 2.24) is 19.9 Å². The zero-order valence-electron chi connectivity index (χ0n) is 18.1. The molecule has 1 aliphatic rings. The molecule has 0 bridgehead atoms. The van der Waals surface area contributed by atoms with Gasteiger partial charge in [-0.25, -0.2) is 23.0 Å². The van der Waals surface area contributed by atoms with Gasteiger partial charge < -0.3 is 20.4 Å². The van der Waals surface area contributed by atoms with Crippen molar-refractivity contribution in [3.63, 3.8) is 0 Å². The minimum Gasteiger partial charge on any atom is -0.383 e. The van der Waals surface area contributed by atoms with Crippen LogP contribution in [0, 0.1) is 24.0 Å². The Kier molecular flexibility index (Phi) is 5.58. The number of nitrogen functional groups attached to an aromatic ring is 1. The number of pyridine rings is 2. The Hall–Kier alpha value is -4.43. The van der Waals surface area contributed by atoms with Gasteiger partial charge in [-0.1, -0.05) is 6.07 Å². The fraction of sp³-hybridized carbons (Fsp3) is 0.167. The van der Waals surface area contributed by atoms with Gasteiger partial charge in [-0.15, -0.1) is 0 Å². The van der Waals surface area contributed by atoms with E-state index in [1.165, 1.54) is 12.1 Å². The van der Waals surface area contributed by atoms with Crippen LogP contribution in [0.15, 0.2) is 36.5 Å². The summed E-state index contributed by atoms with van der Waals surface area (Å²) in [5, 5.41) is 0. The Morgan fingerprint density at radius 2 is 1.89 bits per heavy atom. The number of rotatable bonds is 5. The molecule has 1 aromatic carbocycles. The third kappa shape index (κ3) is 4.04. The van der Waals surface area contributed by atoms with Crippen LogP contribution < -0.4 is 5.73 Å². The van der Waals surface area contributed by atoms with E-state index >= 15 is 0 Å². The highest BCUT2D eigenvalue weighted by atomic mass is 19.1. The standard InChI is InChI=1S/C24H17F3N6O2/c1-29-12-5-18(27)21(30-7-12)9-33(8-13-16(25)3-2-4-17(13)26)24(34)20-6-19-22(31-20)14-10-35-11-15(14)23(28)32-19/h2-7,31H,8-11H2,(H2,28,32). The van der Waals surface area contributed by atoms with Gasteiger partial charge in [-0.2, -0.15) is 0 Å². The number of anilines is 1. The fourth-order valence-electron chi connectivity index (χ4n) is 4.01. The molecule has 0 aliphatic carbocycles. The number of benzene rings is 1. The third-order valence-corrected chi connectivity index (χ3v) is 5.81. The molecule has 0 fully saturated rings. The van der Waals surface area contributed by atoms with Crippen LogP contribution >= 0.6 is 0 Å². The number of halogens is 3. The fourth-order valence-corrected chi connectivity index (χ4v) is 4.01. The molecule has 176 valence electrons. The lowest BCUT2D eigenvalue weighted by molar-refractivity contribution is 0.0717. The van der Waals surface area contributed by atoms with Gasteiger partial charge >= 0.3 is 0 Å². The zero-order chi connectivity index (χ0) is 24.7. The first kappa shape index (κ1) is 22.4. The van der Waals surface area contributed by atoms with Crippen molar-refractivity contribution in [2.75, 3.05) is 5.73 Å². The number of hydrogen-bond acceptors (Lipinski definition) is 5. The molecule has 4 aromatic rings. The van der Waals surface area contributed by atoms with E-state index in [1.54, 1.807) is 0 Å². The van der Waals surface area contributed by atoms with Gasteiger partial charge in [0.1, 0.15) is 29.0 Å². The van der Waals surface area contributed by atoms with Crippen molar-refractivity contribution < 1.29 is 22.7 Å². The quantitative estimate of drug-likeness (QED) is 0.415. The Morgan fingerprint density at radius 3 is 2.60 bits per heavy atom. The molecule has 5 rings (SSSR count). The van der Waals surface area contributed by atoms with Crippen LogP contribution in [0.5, 0.6) is 0 Å². The van der Waals surface area contributed by atoms with Crippen molar-refractivity contribution >= 4 is 28.4 Å². The SMILES string of the molecule is [C-]#[N+]c1cnc(CN(Cc2c(F)cccc2F)C(=O)c2cc3nc(N)c4c(c3[nH]2)COC4)c(F)c1. The van der Waals surface area contributed by atoms with Crippen LogP contribution in [0.25, 0.3) is 15.9 Å². The Morgan fingerprint density at radius 1 is 1.14 bits per heavy atom. The molecule has 1 amide bonds. The van der Waals surface area contributed by atoms with E-state index in [2.05, 4.69) is 19.8 Å². The van der Waals surface area contributed by atoms with Crippen LogP contribution in [0.2, 0.25) is 0 Å². The number of fused-ring (bicyclic) bond motifs is 3. The van der Waals surface area contributed by atoms with E-state index in [1.807, 2.05) is 0 Å². The molecule has 0 unspecified atom stereocenters. The van der Waals surface area contributed by atoms with E-state index in [-0.39, 0.29) is 22.6 Å². The first-order valence-corrected chi connectivity index (χ1v) is 10.5. The predicted molar refractivity (Wildman–Crippen MR) is 119 cm³/mol. The number of carbonyl (C=O) groups is 1. The summed E-state index contributed by atoms with van der Waals surface area (Å²) in [5.74, 6) is -2.88. The largest absolute Gasteiger partial charge is 0.383 e. The van der Waals surface area contributed by atoms with Gasteiger partial charge in [0.2, 0.25) is 5.69 Å². The zero-order valence-corrected chi connectivity index (χ0v) is 18.1.